The van der Waals surface area contributed by atoms with Gasteiger partial charge in [-0.2, -0.15) is 0 Å². The van der Waals surface area contributed by atoms with Crippen LogP contribution in [-0.4, -0.2) is 4.57 Å². The molecular formula is C49H33NO. The predicted octanol–water partition coefficient (Wildman–Crippen LogP) is 13.2. The van der Waals surface area contributed by atoms with E-state index in [1.807, 2.05) is 12.1 Å². The molecule has 2 aromatic heterocycles. The van der Waals surface area contributed by atoms with Crippen molar-refractivity contribution >= 4 is 38.9 Å². The van der Waals surface area contributed by atoms with Gasteiger partial charge in [-0.25, -0.2) is 0 Å². The van der Waals surface area contributed by atoms with Gasteiger partial charge in [0, 0.05) is 27.4 Å². The zero-order valence-electron chi connectivity index (χ0n) is 28.2. The summed E-state index contributed by atoms with van der Waals surface area (Å²) in [6.45, 7) is 2.19. The lowest BCUT2D eigenvalue weighted by Gasteiger charge is -2.15. The summed E-state index contributed by atoms with van der Waals surface area (Å²) in [5.41, 5.74) is 15.5. The molecular weight excluding hydrogens is 619 g/mol. The minimum Gasteiger partial charge on any atom is -0.456 e. The van der Waals surface area contributed by atoms with Crippen molar-refractivity contribution in [2.45, 2.75) is 6.92 Å². The molecule has 51 heavy (non-hydrogen) atoms. The minimum absolute atomic E-state index is 0.886. The van der Waals surface area contributed by atoms with E-state index in [2.05, 4.69) is 175 Å². The largest absolute Gasteiger partial charge is 0.456 e. The summed E-state index contributed by atoms with van der Waals surface area (Å²) in [6.07, 6.45) is 9.64. The van der Waals surface area contributed by atoms with Gasteiger partial charge in [0.2, 0.25) is 0 Å². The standard InChI is InChI=1S/C49H33NO/c1-3-4-24-46-33(2)42-22-14-23-43(37-26-27-48-45(32-37)44-21-11-12-25-47(44)51-48)49(42)50(46)41-20-13-19-36(31-41)40-29-38(34-15-7-5-8-16-34)28-39(30-40)35-17-9-6-10-18-35/h1,4-32H,2H3/b24-4-. The zero-order valence-corrected chi connectivity index (χ0v) is 28.2. The summed E-state index contributed by atoms with van der Waals surface area (Å²) in [5.74, 6) is 2.72. The van der Waals surface area contributed by atoms with Gasteiger partial charge in [-0.05, 0) is 112 Å². The number of terminal acetylenes is 1. The van der Waals surface area contributed by atoms with Crippen LogP contribution >= 0.6 is 0 Å². The molecule has 0 atom stereocenters. The van der Waals surface area contributed by atoms with Gasteiger partial charge < -0.3 is 8.98 Å². The Labute approximate surface area is 297 Å². The number of rotatable bonds is 6. The number of furan rings is 1. The molecule has 0 saturated heterocycles. The summed E-state index contributed by atoms with van der Waals surface area (Å²) in [7, 11) is 0. The van der Waals surface area contributed by atoms with E-state index in [1.54, 1.807) is 6.08 Å². The van der Waals surface area contributed by atoms with Crippen molar-refractivity contribution in [1.29, 1.82) is 0 Å². The lowest BCUT2D eigenvalue weighted by molar-refractivity contribution is 0.669. The maximum absolute atomic E-state index is 6.19. The zero-order chi connectivity index (χ0) is 34.3. The van der Waals surface area contributed by atoms with Crippen molar-refractivity contribution < 1.29 is 4.42 Å². The Hall–Kier alpha value is -6.82. The second-order valence-electron chi connectivity index (χ2n) is 12.9. The topological polar surface area (TPSA) is 18.1 Å². The third-order valence-electron chi connectivity index (χ3n) is 9.90. The molecule has 9 rings (SSSR count). The Morgan fingerprint density at radius 3 is 1.84 bits per heavy atom. The first-order valence-corrected chi connectivity index (χ1v) is 17.2. The van der Waals surface area contributed by atoms with Crippen LogP contribution in [0.5, 0.6) is 0 Å². The van der Waals surface area contributed by atoms with Crippen molar-refractivity contribution in [2.75, 3.05) is 0 Å². The van der Waals surface area contributed by atoms with Crippen molar-refractivity contribution in [1.82, 2.24) is 4.57 Å². The molecule has 2 nitrogen and oxygen atoms in total. The number of para-hydroxylation sites is 2. The van der Waals surface area contributed by atoms with E-state index in [0.717, 1.165) is 61.1 Å². The van der Waals surface area contributed by atoms with Crippen LogP contribution < -0.4 is 0 Å². The highest BCUT2D eigenvalue weighted by atomic mass is 16.3. The summed E-state index contributed by atoms with van der Waals surface area (Å²) < 4.78 is 8.56. The molecule has 0 bridgehead atoms. The van der Waals surface area contributed by atoms with Gasteiger partial charge in [0.15, 0.2) is 0 Å². The average Bonchev–Trinajstić information content (AvgIpc) is 3.71. The summed E-state index contributed by atoms with van der Waals surface area (Å²) >= 11 is 0. The Morgan fingerprint density at radius 1 is 0.510 bits per heavy atom. The smallest absolute Gasteiger partial charge is 0.135 e. The number of hydrogen-bond donors (Lipinski definition) is 0. The minimum atomic E-state index is 0.886. The Morgan fingerprint density at radius 2 is 1.12 bits per heavy atom. The second kappa shape index (κ2) is 12.6. The summed E-state index contributed by atoms with van der Waals surface area (Å²) in [4.78, 5) is 0. The van der Waals surface area contributed by atoms with Crippen LogP contribution in [0.3, 0.4) is 0 Å². The SMILES string of the molecule is C#C/C=C\c1c(C)c2cccc(-c3ccc4oc5ccccc5c4c3)c2n1-c1cccc(-c2cc(-c3ccccc3)cc(-c3ccccc3)c2)c1. The van der Waals surface area contributed by atoms with Gasteiger partial charge in [-0.1, -0.05) is 121 Å². The van der Waals surface area contributed by atoms with Gasteiger partial charge in [0.25, 0.3) is 0 Å². The third kappa shape index (κ3) is 5.33. The first kappa shape index (κ1) is 30.3. The van der Waals surface area contributed by atoms with E-state index in [4.69, 9.17) is 10.8 Å². The van der Waals surface area contributed by atoms with Crippen molar-refractivity contribution in [3.05, 3.63) is 181 Å². The van der Waals surface area contributed by atoms with E-state index >= 15 is 0 Å². The maximum atomic E-state index is 6.19. The lowest BCUT2D eigenvalue weighted by atomic mass is 9.93. The van der Waals surface area contributed by atoms with Crippen molar-refractivity contribution in [2.24, 2.45) is 0 Å². The molecule has 0 aliphatic carbocycles. The first-order valence-electron chi connectivity index (χ1n) is 17.2. The van der Waals surface area contributed by atoms with E-state index in [1.165, 1.54) is 33.2 Å². The lowest BCUT2D eigenvalue weighted by Crippen LogP contribution is -1.99. The van der Waals surface area contributed by atoms with E-state index in [0.29, 0.717) is 0 Å². The number of aryl methyl sites for hydroxylation is 1. The summed E-state index contributed by atoms with van der Waals surface area (Å²) in [6, 6.07) is 58.3. The molecule has 0 aliphatic heterocycles. The number of benzene rings is 7. The second-order valence-corrected chi connectivity index (χ2v) is 12.9. The molecule has 0 radical (unpaired) electrons. The van der Waals surface area contributed by atoms with Crippen LogP contribution in [0.15, 0.2) is 174 Å². The number of aromatic nitrogens is 1. The van der Waals surface area contributed by atoms with Crippen molar-refractivity contribution in [3.8, 4) is 62.5 Å². The maximum Gasteiger partial charge on any atom is 0.135 e. The van der Waals surface area contributed by atoms with Crippen LogP contribution in [0.2, 0.25) is 0 Å². The van der Waals surface area contributed by atoms with E-state index in [-0.39, 0.29) is 0 Å². The fourth-order valence-corrected chi connectivity index (χ4v) is 7.45. The molecule has 240 valence electrons. The van der Waals surface area contributed by atoms with Gasteiger partial charge in [0.05, 0.1) is 11.2 Å². The molecule has 0 fully saturated rings. The molecule has 0 aliphatic rings. The van der Waals surface area contributed by atoms with Crippen LogP contribution in [0, 0.1) is 19.3 Å². The fraction of sp³-hybridized carbons (Fsp3) is 0.0204. The van der Waals surface area contributed by atoms with Crippen molar-refractivity contribution in [3.63, 3.8) is 0 Å². The Bertz CT molecular complexity index is 2750. The molecule has 0 saturated carbocycles. The molecule has 2 heteroatoms. The Kier molecular flexibility index (Phi) is 7.46. The van der Waals surface area contributed by atoms with Gasteiger partial charge >= 0.3 is 0 Å². The quantitative estimate of drug-likeness (QED) is 0.164. The van der Waals surface area contributed by atoms with Crippen LogP contribution in [0.25, 0.3) is 89.1 Å². The number of nitrogens with zero attached hydrogens (tertiary/aromatic N) is 1. The van der Waals surface area contributed by atoms with Gasteiger partial charge in [-0.3, -0.25) is 0 Å². The predicted molar refractivity (Wildman–Crippen MR) is 215 cm³/mol. The number of allylic oxidation sites excluding steroid dienone is 1. The van der Waals surface area contributed by atoms with E-state index in [9.17, 15) is 0 Å². The highest BCUT2D eigenvalue weighted by Crippen LogP contribution is 2.40. The summed E-state index contributed by atoms with van der Waals surface area (Å²) in [5, 5.41) is 3.41. The normalized spacial score (nSPS) is 11.5. The molecule has 0 spiro atoms. The molecule has 0 N–H and O–H groups in total. The highest BCUT2D eigenvalue weighted by Gasteiger charge is 2.19. The monoisotopic (exact) mass is 651 g/mol. The first-order chi connectivity index (χ1) is 25.2. The number of fused-ring (bicyclic) bond motifs is 4. The van der Waals surface area contributed by atoms with Crippen LogP contribution in [-0.2, 0) is 0 Å². The van der Waals surface area contributed by atoms with Crippen LogP contribution in [0.1, 0.15) is 11.3 Å². The van der Waals surface area contributed by atoms with Crippen LogP contribution in [0.4, 0.5) is 0 Å². The molecule has 7 aromatic carbocycles. The molecule has 0 unspecified atom stereocenters. The van der Waals surface area contributed by atoms with Gasteiger partial charge in [-0.15, -0.1) is 6.42 Å². The molecule has 9 aromatic rings. The van der Waals surface area contributed by atoms with E-state index < -0.39 is 0 Å². The molecule has 0 amide bonds. The van der Waals surface area contributed by atoms with Gasteiger partial charge in [0.1, 0.15) is 11.2 Å². The number of hydrogen-bond acceptors (Lipinski definition) is 1. The Balaban J connectivity index is 1.27. The fourth-order valence-electron chi connectivity index (χ4n) is 7.45. The highest BCUT2D eigenvalue weighted by molar-refractivity contribution is 6.08. The average molecular weight is 652 g/mol. The third-order valence-corrected chi connectivity index (χ3v) is 9.90. The molecule has 2 heterocycles.